The van der Waals surface area contributed by atoms with Crippen LogP contribution in [-0.4, -0.2) is 47.5 Å². The van der Waals surface area contributed by atoms with Gasteiger partial charge in [0.05, 0.1) is 4.88 Å². The zero-order valence-corrected chi connectivity index (χ0v) is 18.0. The summed E-state index contributed by atoms with van der Waals surface area (Å²) in [5, 5.41) is 1.55. The number of rotatable bonds is 6. The number of benzene rings is 1. The summed E-state index contributed by atoms with van der Waals surface area (Å²) in [5.41, 5.74) is 7.54. The van der Waals surface area contributed by atoms with E-state index in [0.717, 1.165) is 41.5 Å². The highest BCUT2D eigenvalue weighted by atomic mass is 35.5. The van der Waals surface area contributed by atoms with E-state index < -0.39 is 0 Å². The molecule has 0 spiro atoms. The van der Waals surface area contributed by atoms with Gasteiger partial charge in [0.1, 0.15) is 5.69 Å². The second-order valence-electron chi connectivity index (χ2n) is 7.60. The standard InChI is InChI=1S/C21H27ClN4OS/c1-3-25(4-2)21-24-18(19(28-21)14-6-5-7-15(22)10-14)20(27)26-16-9-8-13(11-16)17(26)12-23/h5-7,10,13,16-17H,3-4,8-9,11-12,23H2,1-2H3/t13-,16+,17+/m0/s1. The minimum Gasteiger partial charge on any atom is -0.349 e. The Kier molecular flexibility index (Phi) is 5.63. The summed E-state index contributed by atoms with van der Waals surface area (Å²) in [5.74, 6) is 0.557. The molecule has 7 heteroatoms. The molecule has 5 nitrogen and oxygen atoms in total. The molecule has 0 radical (unpaired) electrons. The number of hydrogen-bond donors (Lipinski definition) is 1. The minimum absolute atomic E-state index is 0.0206. The maximum absolute atomic E-state index is 13.7. The summed E-state index contributed by atoms with van der Waals surface area (Å²) in [6, 6.07) is 8.12. The lowest BCUT2D eigenvalue weighted by atomic mass is 9.98. The molecule has 1 saturated heterocycles. The highest BCUT2D eigenvalue weighted by molar-refractivity contribution is 7.19. The van der Waals surface area contributed by atoms with Crippen molar-refractivity contribution in [2.24, 2.45) is 11.7 Å². The Balaban J connectivity index is 1.77. The van der Waals surface area contributed by atoms with Gasteiger partial charge in [0, 0.05) is 36.7 Å². The molecule has 2 aromatic rings. The summed E-state index contributed by atoms with van der Waals surface area (Å²) >= 11 is 7.81. The zero-order valence-electron chi connectivity index (χ0n) is 16.4. The molecule has 1 amide bonds. The SMILES string of the molecule is CCN(CC)c1nc(C(=O)N2[C@@H]3CC[C@@H](C3)[C@H]2CN)c(-c2cccc(Cl)c2)s1. The van der Waals surface area contributed by atoms with Gasteiger partial charge < -0.3 is 15.5 Å². The number of hydrogen-bond acceptors (Lipinski definition) is 5. The fourth-order valence-corrected chi connectivity index (χ4v) is 6.12. The predicted molar refractivity (Wildman–Crippen MR) is 116 cm³/mol. The number of carbonyl (C=O) groups excluding carboxylic acids is 1. The van der Waals surface area contributed by atoms with Gasteiger partial charge in [-0.3, -0.25) is 4.79 Å². The van der Waals surface area contributed by atoms with Crippen LogP contribution in [0.15, 0.2) is 24.3 Å². The molecule has 1 aromatic carbocycles. The monoisotopic (exact) mass is 418 g/mol. The largest absolute Gasteiger partial charge is 0.349 e. The topological polar surface area (TPSA) is 62.5 Å². The highest BCUT2D eigenvalue weighted by Crippen LogP contribution is 2.44. The maximum Gasteiger partial charge on any atom is 0.274 e. The van der Waals surface area contributed by atoms with Gasteiger partial charge in [0.25, 0.3) is 5.91 Å². The second kappa shape index (κ2) is 8.01. The fourth-order valence-electron chi connectivity index (χ4n) is 4.74. The average molecular weight is 419 g/mol. The average Bonchev–Trinajstić information content (AvgIpc) is 3.42. The van der Waals surface area contributed by atoms with E-state index in [2.05, 4.69) is 18.7 Å². The van der Waals surface area contributed by atoms with Gasteiger partial charge in [-0.1, -0.05) is 35.1 Å². The first-order valence-corrected chi connectivity index (χ1v) is 11.3. The molecular weight excluding hydrogens is 392 g/mol. The van der Waals surface area contributed by atoms with E-state index in [4.69, 9.17) is 22.3 Å². The Bertz CT molecular complexity index is 866. The van der Waals surface area contributed by atoms with Gasteiger partial charge in [-0.05, 0) is 56.7 Å². The smallest absolute Gasteiger partial charge is 0.274 e. The van der Waals surface area contributed by atoms with Crippen molar-refractivity contribution in [3.05, 3.63) is 35.0 Å². The van der Waals surface area contributed by atoms with E-state index in [1.54, 1.807) is 11.3 Å². The number of piperidine rings is 1. The van der Waals surface area contributed by atoms with Gasteiger partial charge >= 0.3 is 0 Å². The molecule has 4 rings (SSSR count). The lowest BCUT2D eigenvalue weighted by molar-refractivity contribution is 0.0598. The molecule has 28 heavy (non-hydrogen) atoms. The molecule has 1 aliphatic carbocycles. The third-order valence-electron chi connectivity index (χ3n) is 6.16. The summed E-state index contributed by atoms with van der Waals surface area (Å²) in [6.07, 6.45) is 3.33. The summed E-state index contributed by atoms with van der Waals surface area (Å²) in [7, 11) is 0. The van der Waals surface area contributed by atoms with E-state index in [-0.39, 0.29) is 11.9 Å². The molecule has 0 unspecified atom stereocenters. The van der Waals surface area contributed by atoms with Crippen LogP contribution in [0.25, 0.3) is 10.4 Å². The van der Waals surface area contributed by atoms with E-state index in [1.807, 2.05) is 29.2 Å². The third kappa shape index (κ3) is 3.31. The lowest BCUT2D eigenvalue weighted by Crippen LogP contribution is -2.48. The molecule has 2 fully saturated rings. The molecule has 2 aliphatic rings. The van der Waals surface area contributed by atoms with Crippen molar-refractivity contribution in [3.63, 3.8) is 0 Å². The first-order chi connectivity index (χ1) is 13.6. The van der Waals surface area contributed by atoms with Crippen LogP contribution < -0.4 is 10.6 Å². The third-order valence-corrected chi connectivity index (χ3v) is 7.56. The second-order valence-corrected chi connectivity index (χ2v) is 9.01. The summed E-state index contributed by atoms with van der Waals surface area (Å²) < 4.78 is 0. The fraction of sp³-hybridized carbons (Fsp3) is 0.524. The Labute approximate surface area is 175 Å². The number of anilines is 1. The molecular formula is C21H27ClN4OS. The van der Waals surface area contributed by atoms with Crippen LogP contribution in [-0.2, 0) is 0 Å². The number of amides is 1. The van der Waals surface area contributed by atoms with Crippen molar-refractivity contribution in [3.8, 4) is 10.4 Å². The van der Waals surface area contributed by atoms with Crippen molar-refractivity contribution in [2.75, 3.05) is 24.5 Å². The Hall–Kier alpha value is -1.63. The number of nitrogens with zero attached hydrogens (tertiary/aromatic N) is 3. The van der Waals surface area contributed by atoms with Gasteiger partial charge in [0.2, 0.25) is 0 Å². The molecule has 1 saturated carbocycles. The van der Waals surface area contributed by atoms with Crippen LogP contribution in [0.3, 0.4) is 0 Å². The van der Waals surface area contributed by atoms with Gasteiger partial charge in [-0.25, -0.2) is 4.98 Å². The number of halogens is 1. The molecule has 2 N–H and O–H groups in total. The Morgan fingerprint density at radius 2 is 2.14 bits per heavy atom. The number of likely N-dealkylation sites (tertiary alicyclic amines) is 1. The van der Waals surface area contributed by atoms with Gasteiger partial charge in [0.15, 0.2) is 5.13 Å². The van der Waals surface area contributed by atoms with Gasteiger partial charge in [-0.2, -0.15) is 0 Å². The Morgan fingerprint density at radius 1 is 1.36 bits per heavy atom. The first-order valence-electron chi connectivity index (χ1n) is 10.1. The number of nitrogens with two attached hydrogens (primary N) is 1. The molecule has 2 bridgehead atoms. The quantitative estimate of drug-likeness (QED) is 0.761. The van der Waals surface area contributed by atoms with Crippen LogP contribution in [0.1, 0.15) is 43.6 Å². The van der Waals surface area contributed by atoms with Crippen molar-refractivity contribution >= 4 is 34.0 Å². The first kappa shape index (κ1) is 19.7. The number of thiazole rings is 1. The predicted octanol–water partition coefficient (Wildman–Crippen LogP) is 4.26. The van der Waals surface area contributed by atoms with Crippen LogP contribution in [0, 0.1) is 5.92 Å². The number of carbonyl (C=O) groups is 1. The van der Waals surface area contributed by atoms with Crippen molar-refractivity contribution in [1.82, 2.24) is 9.88 Å². The molecule has 150 valence electrons. The van der Waals surface area contributed by atoms with Crippen LogP contribution in [0.4, 0.5) is 5.13 Å². The maximum atomic E-state index is 13.7. The molecule has 1 aliphatic heterocycles. The van der Waals surface area contributed by atoms with Crippen molar-refractivity contribution in [2.45, 2.75) is 45.2 Å². The van der Waals surface area contributed by atoms with Crippen LogP contribution in [0.2, 0.25) is 5.02 Å². The molecule has 3 atom stereocenters. The minimum atomic E-state index is 0.0206. The van der Waals surface area contributed by atoms with Crippen molar-refractivity contribution in [1.29, 1.82) is 0 Å². The van der Waals surface area contributed by atoms with E-state index >= 15 is 0 Å². The van der Waals surface area contributed by atoms with Crippen LogP contribution in [0.5, 0.6) is 0 Å². The zero-order chi connectivity index (χ0) is 19.8. The van der Waals surface area contributed by atoms with Crippen LogP contribution >= 0.6 is 22.9 Å². The van der Waals surface area contributed by atoms with Crippen molar-refractivity contribution < 1.29 is 4.79 Å². The highest BCUT2D eigenvalue weighted by Gasteiger charge is 2.48. The van der Waals surface area contributed by atoms with Gasteiger partial charge in [-0.15, -0.1) is 0 Å². The van der Waals surface area contributed by atoms with E-state index in [1.165, 1.54) is 6.42 Å². The summed E-state index contributed by atoms with van der Waals surface area (Å²) in [6.45, 7) is 6.44. The number of fused-ring (bicyclic) bond motifs is 2. The van der Waals surface area contributed by atoms with E-state index in [9.17, 15) is 4.79 Å². The number of aromatic nitrogens is 1. The van der Waals surface area contributed by atoms with E-state index in [0.29, 0.717) is 29.2 Å². The lowest BCUT2D eigenvalue weighted by Gasteiger charge is -2.34. The normalized spacial score (nSPS) is 23.4. The Morgan fingerprint density at radius 3 is 2.82 bits per heavy atom. The molecule has 1 aromatic heterocycles. The molecule has 2 heterocycles. The summed E-state index contributed by atoms with van der Waals surface area (Å²) in [4.78, 5) is 23.6.